The van der Waals surface area contributed by atoms with Crippen molar-refractivity contribution in [2.75, 3.05) is 14.2 Å². The van der Waals surface area contributed by atoms with Crippen molar-refractivity contribution in [1.29, 1.82) is 0 Å². The second kappa shape index (κ2) is 6.70. The Labute approximate surface area is 142 Å². The van der Waals surface area contributed by atoms with E-state index in [1.807, 2.05) is 35.5 Å². The van der Waals surface area contributed by atoms with E-state index in [1.54, 1.807) is 13.2 Å². The molecule has 0 spiro atoms. The number of halogens is 1. The number of methoxy groups -OCH3 is 1. The fraction of sp³-hybridized carbons (Fsp3) is 0.250. The monoisotopic (exact) mass is 349 g/mol. The van der Waals surface area contributed by atoms with E-state index in [-0.39, 0.29) is 5.56 Å². The summed E-state index contributed by atoms with van der Waals surface area (Å²) in [5.41, 5.74) is 1.64. The van der Waals surface area contributed by atoms with Crippen molar-refractivity contribution >= 4 is 33.2 Å². The molecule has 120 valence electrons. The molecular weight excluding hydrogens is 334 g/mol. The molecule has 0 saturated heterocycles. The third-order valence-electron chi connectivity index (χ3n) is 3.47. The second-order valence-electron chi connectivity index (χ2n) is 5.28. The van der Waals surface area contributed by atoms with Crippen LogP contribution >= 0.6 is 22.9 Å². The van der Waals surface area contributed by atoms with Crippen molar-refractivity contribution in [3.63, 3.8) is 0 Å². The normalized spacial score (nSPS) is 11.3. The van der Waals surface area contributed by atoms with Gasteiger partial charge in [-0.25, -0.2) is 4.98 Å². The second-order valence-corrected chi connectivity index (χ2v) is 6.63. The lowest BCUT2D eigenvalue weighted by Crippen LogP contribution is -2.21. The Bertz CT molecular complexity index is 890. The zero-order valence-corrected chi connectivity index (χ0v) is 14.4. The zero-order chi connectivity index (χ0) is 16.4. The largest absolute Gasteiger partial charge is 0.496 e. The molecule has 0 aliphatic heterocycles. The number of fused-ring (bicyclic) bond motifs is 1. The van der Waals surface area contributed by atoms with Crippen LogP contribution in [0.4, 0.5) is 0 Å². The number of aromatic amines is 1. The van der Waals surface area contributed by atoms with Crippen molar-refractivity contribution in [2.45, 2.75) is 13.1 Å². The van der Waals surface area contributed by atoms with E-state index in [2.05, 4.69) is 9.97 Å². The molecular formula is C16H16ClN3O2S. The summed E-state index contributed by atoms with van der Waals surface area (Å²) in [4.78, 5) is 21.4. The van der Waals surface area contributed by atoms with Gasteiger partial charge in [0, 0.05) is 17.1 Å². The average molecular weight is 350 g/mol. The molecule has 5 nitrogen and oxygen atoms in total. The summed E-state index contributed by atoms with van der Waals surface area (Å²) in [6.07, 6.45) is 0. The Morgan fingerprint density at radius 1 is 1.35 bits per heavy atom. The van der Waals surface area contributed by atoms with Crippen molar-refractivity contribution in [1.82, 2.24) is 14.9 Å². The smallest absolute Gasteiger partial charge is 0.268 e. The van der Waals surface area contributed by atoms with Gasteiger partial charge in [0.1, 0.15) is 16.3 Å². The predicted molar refractivity (Wildman–Crippen MR) is 93.4 cm³/mol. The predicted octanol–water partition coefficient (Wildman–Crippen LogP) is 3.28. The molecule has 23 heavy (non-hydrogen) atoms. The highest BCUT2D eigenvalue weighted by Gasteiger charge is 2.10. The lowest BCUT2D eigenvalue weighted by Gasteiger charge is -2.18. The quantitative estimate of drug-likeness (QED) is 0.768. The number of nitrogens with one attached hydrogen (secondary N) is 1. The molecule has 3 aromatic rings. The maximum Gasteiger partial charge on any atom is 0.268 e. The highest BCUT2D eigenvalue weighted by Crippen LogP contribution is 2.24. The van der Waals surface area contributed by atoms with Gasteiger partial charge in [0.15, 0.2) is 0 Å². The minimum atomic E-state index is -0.0891. The third-order valence-corrected chi connectivity index (χ3v) is 4.60. The van der Waals surface area contributed by atoms with Gasteiger partial charge < -0.3 is 9.72 Å². The minimum absolute atomic E-state index is 0.0891. The van der Waals surface area contributed by atoms with Crippen LogP contribution in [-0.2, 0) is 13.1 Å². The van der Waals surface area contributed by atoms with E-state index >= 15 is 0 Å². The molecule has 2 aromatic heterocycles. The van der Waals surface area contributed by atoms with Crippen LogP contribution in [0.2, 0.25) is 5.02 Å². The van der Waals surface area contributed by atoms with Gasteiger partial charge in [-0.3, -0.25) is 9.69 Å². The molecule has 0 unspecified atom stereocenters. The number of H-pyrrole nitrogens is 1. The number of rotatable bonds is 5. The molecule has 0 aliphatic carbocycles. The third kappa shape index (κ3) is 3.55. The summed E-state index contributed by atoms with van der Waals surface area (Å²) in [5, 5.41) is 2.54. The first kappa shape index (κ1) is 16.0. The van der Waals surface area contributed by atoms with E-state index in [4.69, 9.17) is 16.3 Å². The summed E-state index contributed by atoms with van der Waals surface area (Å²) in [5.74, 6) is 1.43. The Hall–Kier alpha value is -1.89. The molecule has 0 amide bonds. The summed E-state index contributed by atoms with van der Waals surface area (Å²) in [6.45, 7) is 1.16. The molecule has 3 rings (SSSR count). The molecule has 0 radical (unpaired) electrons. The van der Waals surface area contributed by atoms with Crippen LogP contribution in [-0.4, -0.2) is 29.0 Å². The first-order valence-corrected chi connectivity index (χ1v) is 8.30. The molecule has 0 fully saturated rings. The number of ether oxygens (including phenoxy) is 1. The Morgan fingerprint density at radius 2 is 2.17 bits per heavy atom. The fourth-order valence-electron chi connectivity index (χ4n) is 2.47. The summed E-state index contributed by atoms with van der Waals surface area (Å²) in [7, 11) is 3.59. The molecule has 1 aromatic carbocycles. The maximum atomic E-state index is 12.0. The van der Waals surface area contributed by atoms with Crippen LogP contribution in [0, 0.1) is 0 Å². The van der Waals surface area contributed by atoms with E-state index in [1.165, 1.54) is 11.3 Å². The van der Waals surface area contributed by atoms with Crippen LogP contribution in [0.15, 0.2) is 34.4 Å². The summed E-state index contributed by atoms with van der Waals surface area (Å²) >= 11 is 7.46. The van der Waals surface area contributed by atoms with Gasteiger partial charge in [-0.05, 0) is 36.7 Å². The van der Waals surface area contributed by atoms with Gasteiger partial charge in [0.25, 0.3) is 5.56 Å². The minimum Gasteiger partial charge on any atom is -0.496 e. The van der Waals surface area contributed by atoms with Crippen molar-refractivity contribution in [3.05, 3.63) is 56.4 Å². The number of hydrogen-bond acceptors (Lipinski definition) is 5. The number of hydrogen-bond donors (Lipinski definition) is 1. The van der Waals surface area contributed by atoms with Crippen molar-refractivity contribution in [2.24, 2.45) is 0 Å². The SMILES string of the molecule is COc1ccc(Cl)cc1CN(C)Cc1nc2ccsc2c(=O)[nH]1. The van der Waals surface area contributed by atoms with Crippen LogP contribution in [0.3, 0.4) is 0 Å². The molecule has 0 bridgehead atoms. The maximum absolute atomic E-state index is 12.0. The Kier molecular flexibility index (Phi) is 4.66. The van der Waals surface area contributed by atoms with Gasteiger partial charge in [0.05, 0.1) is 19.2 Å². The van der Waals surface area contributed by atoms with Crippen LogP contribution in [0.25, 0.3) is 10.2 Å². The van der Waals surface area contributed by atoms with Gasteiger partial charge in [-0.1, -0.05) is 11.6 Å². The first-order chi connectivity index (χ1) is 11.1. The summed E-state index contributed by atoms with van der Waals surface area (Å²) in [6, 6.07) is 7.39. The zero-order valence-electron chi connectivity index (χ0n) is 12.8. The first-order valence-electron chi connectivity index (χ1n) is 7.04. The molecule has 0 saturated carbocycles. The summed E-state index contributed by atoms with van der Waals surface area (Å²) < 4.78 is 6.02. The van der Waals surface area contributed by atoms with E-state index < -0.39 is 0 Å². The van der Waals surface area contributed by atoms with Crippen LogP contribution in [0.1, 0.15) is 11.4 Å². The van der Waals surface area contributed by atoms with Crippen molar-refractivity contribution in [3.8, 4) is 5.75 Å². The number of thiophene rings is 1. The van der Waals surface area contributed by atoms with Crippen molar-refractivity contribution < 1.29 is 4.74 Å². The van der Waals surface area contributed by atoms with Gasteiger partial charge >= 0.3 is 0 Å². The molecule has 0 atom stereocenters. The van der Waals surface area contributed by atoms with Crippen LogP contribution in [0.5, 0.6) is 5.75 Å². The number of nitrogens with zero attached hydrogens (tertiary/aromatic N) is 2. The molecule has 7 heteroatoms. The molecule has 2 heterocycles. The average Bonchev–Trinajstić information content (AvgIpc) is 2.96. The van der Waals surface area contributed by atoms with Gasteiger partial charge in [-0.2, -0.15) is 0 Å². The number of aromatic nitrogens is 2. The lowest BCUT2D eigenvalue weighted by molar-refractivity contribution is 0.303. The standard InChI is InChI=1S/C16H16ClN3O2S/c1-20(8-10-7-11(17)3-4-13(10)22-2)9-14-18-12-5-6-23-15(12)16(21)19-14/h3-7H,8-9H2,1-2H3,(H,18,19,21). The Balaban J connectivity index is 1.79. The topological polar surface area (TPSA) is 58.2 Å². The lowest BCUT2D eigenvalue weighted by atomic mass is 10.2. The molecule has 0 aliphatic rings. The van der Waals surface area contributed by atoms with E-state index in [0.29, 0.717) is 28.6 Å². The Morgan fingerprint density at radius 3 is 2.96 bits per heavy atom. The van der Waals surface area contributed by atoms with E-state index in [0.717, 1.165) is 16.8 Å². The highest BCUT2D eigenvalue weighted by molar-refractivity contribution is 7.17. The highest BCUT2D eigenvalue weighted by atomic mass is 35.5. The molecule has 1 N–H and O–H groups in total. The van der Waals surface area contributed by atoms with E-state index in [9.17, 15) is 4.79 Å². The van der Waals surface area contributed by atoms with Gasteiger partial charge in [-0.15, -0.1) is 11.3 Å². The van der Waals surface area contributed by atoms with Gasteiger partial charge in [0.2, 0.25) is 0 Å². The van der Waals surface area contributed by atoms with Crippen LogP contribution < -0.4 is 10.3 Å². The number of benzene rings is 1. The fourth-order valence-corrected chi connectivity index (χ4v) is 3.39.